The van der Waals surface area contributed by atoms with E-state index in [1.54, 1.807) is 24.3 Å². The van der Waals surface area contributed by atoms with Gasteiger partial charge >= 0.3 is 6.03 Å². The Labute approximate surface area is 132 Å². The van der Waals surface area contributed by atoms with E-state index in [0.717, 1.165) is 27.7 Å². The molecule has 3 aromatic rings. The number of phenols is 1. The maximum Gasteiger partial charge on any atom is 0.319 e. The first-order chi connectivity index (χ1) is 11.2. The largest absolute Gasteiger partial charge is 0.508 e. The van der Waals surface area contributed by atoms with Gasteiger partial charge in [-0.2, -0.15) is 0 Å². The maximum absolute atomic E-state index is 12.0. The summed E-state index contributed by atoms with van der Waals surface area (Å²) in [5.41, 5.74) is 3.63. The van der Waals surface area contributed by atoms with Crippen LogP contribution in [0.3, 0.4) is 0 Å². The van der Waals surface area contributed by atoms with E-state index in [4.69, 9.17) is 0 Å². The molecule has 0 aliphatic carbocycles. The number of hydrogen-bond acceptors (Lipinski definition) is 2. The second kappa shape index (κ2) is 5.21. The van der Waals surface area contributed by atoms with Crippen LogP contribution in [0.2, 0.25) is 0 Å². The van der Waals surface area contributed by atoms with E-state index in [0.29, 0.717) is 0 Å². The van der Waals surface area contributed by atoms with Gasteiger partial charge in [-0.3, -0.25) is 0 Å². The highest BCUT2D eigenvalue weighted by molar-refractivity contribution is 5.91. The van der Waals surface area contributed by atoms with Crippen molar-refractivity contribution in [1.29, 1.82) is 0 Å². The Morgan fingerprint density at radius 2 is 1.78 bits per heavy atom. The number of aromatic nitrogens is 1. The number of urea groups is 1. The molecule has 0 saturated carbocycles. The molecule has 23 heavy (non-hydrogen) atoms. The number of benzene rings is 2. The summed E-state index contributed by atoms with van der Waals surface area (Å²) in [6, 6.07) is 14.3. The number of hydrogen-bond donors (Lipinski definition) is 4. The van der Waals surface area contributed by atoms with Gasteiger partial charge in [0.2, 0.25) is 0 Å². The Hall–Kier alpha value is -3.21. The molecule has 0 bridgehead atoms. The molecule has 114 valence electrons. The molecule has 1 aliphatic rings. The van der Waals surface area contributed by atoms with Gasteiger partial charge in [0.05, 0.1) is 6.04 Å². The van der Waals surface area contributed by atoms with E-state index in [1.807, 2.05) is 36.5 Å². The van der Waals surface area contributed by atoms with Crippen molar-refractivity contribution in [3.63, 3.8) is 0 Å². The molecule has 1 aliphatic heterocycles. The summed E-state index contributed by atoms with van der Waals surface area (Å²) < 4.78 is 0. The molecule has 0 spiro atoms. The molecule has 0 radical (unpaired) electrons. The summed E-state index contributed by atoms with van der Waals surface area (Å²) in [6.45, 7) is 0. The third-order valence-corrected chi connectivity index (χ3v) is 4.00. The van der Waals surface area contributed by atoms with Crippen molar-refractivity contribution >= 4 is 22.6 Å². The van der Waals surface area contributed by atoms with Gasteiger partial charge in [0, 0.05) is 28.4 Å². The molecule has 2 aromatic carbocycles. The van der Waals surface area contributed by atoms with Crippen LogP contribution in [-0.4, -0.2) is 16.1 Å². The fraction of sp³-hybridized carbons (Fsp3) is 0.0556. The van der Waals surface area contributed by atoms with Crippen molar-refractivity contribution in [2.45, 2.75) is 6.04 Å². The van der Waals surface area contributed by atoms with E-state index in [-0.39, 0.29) is 17.8 Å². The predicted octanol–water partition coefficient (Wildman–Crippen LogP) is 3.27. The number of rotatable bonds is 2. The van der Waals surface area contributed by atoms with E-state index >= 15 is 0 Å². The Morgan fingerprint density at radius 1 is 1.00 bits per heavy atom. The first-order valence-corrected chi connectivity index (χ1v) is 7.35. The fourth-order valence-corrected chi connectivity index (χ4v) is 2.88. The highest BCUT2D eigenvalue weighted by Crippen LogP contribution is 2.29. The third kappa shape index (κ3) is 2.42. The highest BCUT2D eigenvalue weighted by atomic mass is 16.3. The summed E-state index contributed by atoms with van der Waals surface area (Å²) in [4.78, 5) is 15.3. The monoisotopic (exact) mass is 305 g/mol. The molecule has 5 heteroatoms. The van der Waals surface area contributed by atoms with Gasteiger partial charge in [-0.1, -0.05) is 18.2 Å². The molecule has 5 nitrogen and oxygen atoms in total. The van der Waals surface area contributed by atoms with Crippen LogP contribution in [0.1, 0.15) is 17.2 Å². The van der Waals surface area contributed by atoms with E-state index < -0.39 is 0 Å². The van der Waals surface area contributed by atoms with Gasteiger partial charge < -0.3 is 20.7 Å². The number of phenolic OH excluding ortho intramolecular Hbond substituents is 1. The third-order valence-electron chi connectivity index (χ3n) is 4.00. The summed E-state index contributed by atoms with van der Waals surface area (Å²) >= 11 is 0. The van der Waals surface area contributed by atoms with Crippen LogP contribution < -0.4 is 10.6 Å². The highest BCUT2D eigenvalue weighted by Gasteiger charge is 2.22. The van der Waals surface area contributed by atoms with Gasteiger partial charge in [0.15, 0.2) is 0 Å². The number of carbonyl (C=O) groups excluding carboxylic acids is 1. The zero-order valence-electron chi connectivity index (χ0n) is 12.2. The van der Waals surface area contributed by atoms with Gasteiger partial charge in [-0.05, 0) is 42.0 Å². The molecule has 1 atom stereocenters. The van der Waals surface area contributed by atoms with Crippen molar-refractivity contribution < 1.29 is 9.90 Å². The standard InChI is InChI=1S/C18H15N3O2/c22-12-7-5-11(6-8-12)16-9-17(21-18(23)20-16)14-10-19-15-4-2-1-3-13(14)15/h1-10,17,19,22H,(H2,20,21,23). The lowest BCUT2D eigenvalue weighted by atomic mass is 10.0. The fourth-order valence-electron chi connectivity index (χ4n) is 2.88. The van der Waals surface area contributed by atoms with Crippen LogP contribution in [-0.2, 0) is 0 Å². The number of carbonyl (C=O) groups is 1. The number of H-pyrrole nitrogens is 1. The summed E-state index contributed by atoms with van der Waals surface area (Å²) in [6.07, 6.45) is 3.90. The normalized spacial score (nSPS) is 17.5. The lowest BCUT2D eigenvalue weighted by molar-refractivity contribution is 0.241. The minimum Gasteiger partial charge on any atom is -0.508 e. The van der Waals surface area contributed by atoms with Crippen molar-refractivity contribution in [2.24, 2.45) is 0 Å². The van der Waals surface area contributed by atoms with Crippen LogP contribution in [0, 0.1) is 0 Å². The lowest BCUT2D eigenvalue weighted by Crippen LogP contribution is -2.40. The summed E-state index contributed by atoms with van der Waals surface area (Å²) in [5.74, 6) is 0.197. The first-order valence-electron chi connectivity index (χ1n) is 7.35. The molecule has 4 rings (SSSR count). The molecule has 1 unspecified atom stereocenters. The minimum absolute atomic E-state index is 0.197. The molecule has 0 saturated heterocycles. The number of nitrogens with one attached hydrogen (secondary N) is 3. The summed E-state index contributed by atoms with van der Waals surface area (Å²) in [7, 11) is 0. The Balaban J connectivity index is 1.77. The van der Waals surface area contributed by atoms with Gasteiger partial charge in [-0.15, -0.1) is 0 Å². The second-order valence-corrected chi connectivity index (χ2v) is 5.49. The molecular formula is C18H15N3O2. The van der Waals surface area contributed by atoms with Crippen LogP contribution in [0.4, 0.5) is 4.79 Å². The number of para-hydroxylation sites is 1. The molecule has 4 N–H and O–H groups in total. The van der Waals surface area contributed by atoms with Crippen molar-refractivity contribution in [1.82, 2.24) is 15.6 Å². The van der Waals surface area contributed by atoms with E-state index in [9.17, 15) is 9.90 Å². The number of amides is 2. The molecule has 0 fully saturated rings. The average molecular weight is 305 g/mol. The summed E-state index contributed by atoms with van der Waals surface area (Å²) in [5, 5.41) is 16.2. The number of aromatic hydroxyl groups is 1. The van der Waals surface area contributed by atoms with Crippen LogP contribution in [0.5, 0.6) is 5.75 Å². The smallest absolute Gasteiger partial charge is 0.319 e. The van der Waals surface area contributed by atoms with Crippen molar-refractivity contribution in [2.75, 3.05) is 0 Å². The minimum atomic E-state index is -0.245. The molecule has 2 amide bonds. The Morgan fingerprint density at radius 3 is 2.61 bits per heavy atom. The second-order valence-electron chi connectivity index (χ2n) is 5.49. The van der Waals surface area contributed by atoms with Crippen LogP contribution in [0.15, 0.2) is 60.8 Å². The molecule has 2 heterocycles. The van der Waals surface area contributed by atoms with Crippen molar-refractivity contribution in [3.05, 3.63) is 71.9 Å². The first kappa shape index (κ1) is 13.5. The lowest BCUT2D eigenvalue weighted by Gasteiger charge is -2.23. The van der Waals surface area contributed by atoms with Crippen LogP contribution >= 0.6 is 0 Å². The van der Waals surface area contributed by atoms with Gasteiger partial charge in [0.25, 0.3) is 0 Å². The molecular weight excluding hydrogens is 290 g/mol. The SMILES string of the molecule is O=C1NC(c2ccc(O)cc2)=CC(c2c[nH]c3ccccc23)N1. The van der Waals surface area contributed by atoms with Gasteiger partial charge in [0.1, 0.15) is 5.75 Å². The zero-order chi connectivity index (χ0) is 15.8. The number of fused-ring (bicyclic) bond motifs is 1. The Kier molecular flexibility index (Phi) is 3.05. The number of aromatic amines is 1. The molecule has 1 aromatic heterocycles. The van der Waals surface area contributed by atoms with Gasteiger partial charge in [-0.25, -0.2) is 4.79 Å². The van der Waals surface area contributed by atoms with Crippen molar-refractivity contribution in [3.8, 4) is 5.75 Å². The zero-order valence-corrected chi connectivity index (χ0v) is 12.2. The van der Waals surface area contributed by atoms with E-state index in [2.05, 4.69) is 15.6 Å². The Bertz CT molecular complexity index is 909. The maximum atomic E-state index is 12.0. The average Bonchev–Trinajstić information content (AvgIpc) is 2.99. The predicted molar refractivity (Wildman–Crippen MR) is 88.8 cm³/mol. The van der Waals surface area contributed by atoms with Crippen LogP contribution in [0.25, 0.3) is 16.6 Å². The van der Waals surface area contributed by atoms with E-state index in [1.165, 1.54) is 0 Å². The topological polar surface area (TPSA) is 77.2 Å². The quantitative estimate of drug-likeness (QED) is 0.586.